The molecule has 3 N–H and O–H groups in total. The third-order valence-electron chi connectivity index (χ3n) is 1.54. The smallest absolute Gasteiger partial charge is 0.280 e. The zero-order valence-corrected chi connectivity index (χ0v) is 8.30. The van der Waals surface area contributed by atoms with Crippen molar-refractivity contribution in [2.75, 3.05) is 0 Å². The first kappa shape index (κ1) is 12.3. The predicted molar refractivity (Wildman–Crippen MR) is 53.3 cm³/mol. The van der Waals surface area contributed by atoms with Crippen molar-refractivity contribution < 1.29 is 5.03 Å². The number of hydrogen-bond donors (Lipinski definition) is 2. The highest BCUT2D eigenvalue weighted by Gasteiger charge is 2.15. The summed E-state index contributed by atoms with van der Waals surface area (Å²) in [4.78, 5) is 10.3. The molecule has 0 spiro atoms. The molecule has 14 heavy (non-hydrogen) atoms. The fourth-order valence-corrected chi connectivity index (χ4v) is 0.899. The lowest BCUT2D eigenvalue weighted by molar-refractivity contribution is -0.631. The average molecular weight is 201 g/mol. The van der Waals surface area contributed by atoms with E-state index in [9.17, 15) is 10.1 Å². The molecule has 0 amide bonds. The first-order chi connectivity index (χ1) is 6.49. The van der Waals surface area contributed by atoms with E-state index in [0.29, 0.717) is 0 Å². The molecule has 0 saturated carbocycles. The molecular formula is C7H15N5O2. The molecule has 1 atom stereocenters. The number of nitrogens with zero attached hydrogens (tertiary/aromatic N) is 3. The van der Waals surface area contributed by atoms with Crippen LogP contribution in [0.2, 0.25) is 0 Å². The lowest BCUT2D eigenvalue weighted by Crippen LogP contribution is -2.36. The van der Waals surface area contributed by atoms with Crippen molar-refractivity contribution in [1.82, 2.24) is 5.12 Å². The predicted octanol–water partition coefficient (Wildman–Crippen LogP) is 0.796. The number of rotatable bonds is 5. The zero-order chi connectivity index (χ0) is 11.1. The van der Waals surface area contributed by atoms with Crippen LogP contribution in [0.5, 0.6) is 0 Å². The quantitative estimate of drug-likeness (QED) is 0.296. The maximum absolute atomic E-state index is 10.3. The third-order valence-corrected chi connectivity index (χ3v) is 1.54. The largest absolute Gasteiger partial charge is 0.363 e. The summed E-state index contributed by atoms with van der Waals surface area (Å²) in [6.45, 7) is 3.91. The lowest BCUT2D eigenvalue weighted by atomic mass is 10.1. The Morgan fingerprint density at radius 3 is 2.79 bits per heavy atom. The summed E-state index contributed by atoms with van der Waals surface area (Å²) in [6, 6.07) is 0. The Morgan fingerprint density at radius 2 is 2.43 bits per heavy atom. The molecule has 0 aromatic heterocycles. The van der Waals surface area contributed by atoms with E-state index in [1.165, 1.54) is 6.21 Å². The maximum atomic E-state index is 10.3. The van der Waals surface area contributed by atoms with Crippen molar-refractivity contribution in [3.8, 4) is 0 Å². The van der Waals surface area contributed by atoms with Crippen LogP contribution in [0.15, 0.2) is 5.10 Å². The second-order valence-electron chi connectivity index (χ2n) is 2.94. The van der Waals surface area contributed by atoms with Crippen LogP contribution >= 0.6 is 0 Å². The summed E-state index contributed by atoms with van der Waals surface area (Å²) in [5, 5.41) is 20.1. The Kier molecular flexibility index (Phi) is 5.20. The van der Waals surface area contributed by atoms with Gasteiger partial charge in [-0.2, -0.15) is 0 Å². The Labute approximate surface area is 82.2 Å². The Bertz CT molecular complexity index is 226. The number of hydrazine groups is 1. The molecule has 0 aromatic carbocycles. The highest BCUT2D eigenvalue weighted by atomic mass is 16.7. The molecule has 0 aliphatic carbocycles. The average Bonchev–Trinajstić information content (AvgIpc) is 2.03. The number of nitrogens with two attached hydrogens (primary N) is 1. The van der Waals surface area contributed by atoms with Gasteiger partial charge in [-0.15, -0.1) is 0 Å². The summed E-state index contributed by atoms with van der Waals surface area (Å²) in [6.07, 6.45) is 3.30. The lowest BCUT2D eigenvalue weighted by Gasteiger charge is -2.05. The van der Waals surface area contributed by atoms with Gasteiger partial charge >= 0.3 is 0 Å². The third kappa shape index (κ3) is 4.39. The molecule has 0 fully saturated rings. The number of nitro groups is 1. The Morgan fingerprint density at radius 1 is 1.86 bits per heavy atom. The van der Waals surface area contributed by atoms with Crippen molar-refractivity contribution in [1.29, 1.82) is 5.41 Å². The first-order valence-corrected chi connectivity index (χ1v) is 4.31. The van der Waals surface area contributed by atoms with Crippen LogP contribution in [0.1, 0.15) is 26.7 Å². The van der Waals surface area contributed by atoms with Crippen LogP contribution in [-0.2, 0) is 0 Å². The van der Waals surface area contributed by atoms with E-state index >= 15 is 0 Å². The molecule has 0 aromatic rings. The van der Waals surface area contributed by atoms with E-state index < -0.39 is 11.0 Å². The van der Waals surface area contributed by atoms with E-state index in [-0.39, 0.29) is 11.0 Å². The minimum atomic E-state index is -0.836. The van der Waals surface area contributed by atoms with Crippen molar-refractivity contribution in [3.63, 3.8) is 0 Å². The van der Waals surface area contributed by atoms with Gasteiger partial charge in [-0.3, -0.25) is 5.41 Å². The molecule has 0 radical (unpaired) electrons. The van der Waals surface area contributed by atoms with Crippen LogP contribution < -0.4 is 5.73 Å². The van der Waals surface area contributed by atoms with Gasteiger partial charge in [-0.05, 0) is 6.42 Å². The van der Waals surface area contributed by atoms with Crippen molar-refractivity contribution in [3.05, 3.63) is 10.1 Å². The van der Waals surface area contributed by atoms with Gasteiger partial charge in [0.05, 0.1) is 10.2 Å². The SMILES string of the molecule is CCCC(C)C=NN(C(=N)N)[N+](=O)[O-]. The summed E-state index contributed by atoms with van der Waals surface area (Å²) in [5.74, 6) is -0.559. The number of guanidine groups is 1. The monoisotopic (exact) mass is 201 g/mol. The number of hydrogen-bond acceptors (Lipinski definition) is 4. The van der Waals surface area contributed by atoms with Gasteiger partial charge in [0, 0.05) is 11.0 Å². The van der Waals surface area contributed by atoms with E-state index in [0.717, 1.165) is 12.8 Å². The molecule has 0 rings (SSSR count). The maximum Gasteiger partial charge on any atom is 0.280 e. The van der Waals surface area contributed by atoms with Crippen molar-refractivity contribution >= 4 is 12.2 Å². The summed E-state index contributed by atoms with van der Waals surface area (Å²) < 4.78 is 0. The van der Waals surface area contributed by atoms with E-state index in [1.54, 1.807) is 0 Å². The standard InChI is InChI=1S/C7H15N5O2/c1-3-4-6(2)5-10-11(7(8)9)12(13)14/h5-6H,3-4H2,1-2H3,(H3,8,9). The van der Waals surface area contributed by atoms with Gasteiger partial charge in [-0.25, -0.2) is 0 Å². The molecule has 80 valence electrons. The molecule has 0 bridgehead atoms. The highest BCUT2D eigenvalue weighted by molar-refractivity contribution is 5.74. The van der Waals surface area contributed by atoms with Gasteiger partial charge in [0.15, 0.2) is 0 Å². The molecule has 0 aliphatic rings. The van der Waals surface area contributed by atoms with Crippen molar-refractivity contribution in [2.24, 2.45) is 16.8 Å². The molecule has 0 aliphatic heterocycles. The number of nitrogens with one attached hydrogen (secondary N) is 1. The van der Waals surface area contributed by atoms with Crippen LogP contribution in [0.4, 0.5) is 0 Å². The fourth-order valence-electron chi connectivity index (χ4n) is 0.899. The van der Waals surface area contributed by atoms with E-state index in [1.807, 2.05) is 13.8 Å². The molecule has 0 heterocycles. The topological polar surface area (TPSA) is 109 Å². The molecule has 1 unspecified atom stereocenters. The van der Waals surface area contributed by atoms with E-state index in [4.69, 9.17) is 11.1 Å². The van der Waals surface area contributed by atoms with Gasteiger partial charge in [0.1, 0.15) is 6.21 Å². The summed E-state index contributed by atoms with van der Waals surface area (Å²) in [5.41, 5.74) is 4.95. The first-order valence-electron chi connectivity index (χ1n) is 4.31. The zero-order valence-electron chi connectivity index (χ0n) is 8.30. The van der Waals surface area contributed by atoms with Gasteiger partial charge in [0.2, 0.25) is 0 Å². The molecule has 7 heteroatoms. The second kappa shape index (κ2) is 5.90. The molecular weight excluding hydrogens is 186 g/mol. The summed E-state index contributed by atoms with van der Waals surface area (Å²) >= 11 is 0. The molecule has 7 nitrogen and oxygen atoms in total. The van der Waals surface area contributed by atoms with Crippen LogP contribution in [0.25, 0.3) is 0 Å². The normalized spacial score (nSPS) is 12.7. The van der Waals surface area contributed by atoms with E-state index in [2.05, 4.69) is 5.10 Å². The highest BCUT2D eigenvalue weighted by Crippen LogP contribution is 2.02. The van der Waals surface area contributed by atoms with Crippen LogP contribution in [0.3, 0.4) is 0 Å². The van der Waals surface area contributed by atoms with Crippen LogP contribution in [0, 0.1) is 21.4 Å². The minimum Gasteiger partial charge on any atom is -0.363 e. The van der Waals surface area contributed by atoms with Crippen LogP contribution in [-0.4, -0.2) is 22.3 Å². The Hall–Kier alpha value is -1.66. The minimum absolute atomic E-state index is 0.141. The number of hydrazone groups is 1. The van der Waals surface area contributed by atoms with Gasteiger partial charge in [-0.1, -0.05) is 20.3 Å². The van der Waals surface area contributed by atoms with Gasteiger partial charge < -0.3 is 15.8 Å². The summed E-state index contributed by atoms with van der Waals surface area (Å²) in [7, 11) is 0. The molecule has 0 saturated heterocycles. The van der Waals surface area contributed by atoms with Crippen molar-refractivity contribution in [2.45, 2.75) is 26.7 Å². The second-order valence-corrected chi connectivity index (χ2v) is 2.94. The van der Waals surface area contributed by atoms with Gasteiger partial charge in [0.25, 0.3) is 5.96 Å². The fraction of sp³-hybridized carbons (Fsp3) is 0.714. The Balaban J connectivity index is 4.29.